The lowest BCUT2D eigenvalue weighted by Gasteiger charge is -2.14. The van der Waals surface area contributed by atoms with Crippen LogP contribution >= 0.6 is 0 Å². The Labute approximate surface area is 86.8 Å². The van der Waals surface area contributed by atoms with E-state index >= 15 is 0 Å². The number of nitrogens with two attached hydrogens (primary N) is 1. The molecule has 3 N–H and O–H groups in total. The van der Waals surface area contributed by atoms with Crippen molar-refractivity contribution in [3.63, 3.8) is 0 Å². The van der Waals surface area contributed by atoms with E-state index in [1.54, 1.807) is 13.8 Å². The average Bonchev–Trinajstić information content (AvgIpc) is 2.49. The predicted octanol–water partition coefficient (Wildman–Crippen LogP) is 0.975. The van der Waals surface area contributed by atoms with Crippen LogP contribution in [0.5, 0.6) is 0 Å². The molecular formula is C9H15F2N3O. The topological polar surface area (TPSA) is 64.1 Å². The molecule has 15 heavy (non-hydrogen) atoms. The fraction of sp³-hybridized carbons (Fsp3) is 0.667. The van der Waals surface area contributed by atoms with Crippen LogP contribution in [0, 0.1) is 13.8 Å². The Bertz CT molecular complexity index is 306. The lowest BCUT2D eigenvalue weighted by molar-refractivity contribution is 0.0115. The quantitative estimate of drug-likeness (QED) is 0.774. The van der Waals surface area contributed by atoms with Crippen molar-refractivity contribution in [3.05, 3.63) is 17.0 Å². The summed E-state index contributed by atoms with van der Waals surface area (Å²) in [6.07, 6.45) is 0. The molecule has 1 rings (SSSR count). The molecule has 0 atom stereocenters. The molecule has 0 amide bonds. The number of alkyl halides is 2. The number of hydrogen-bond acceptors (Lipinski definition) is 4. The van der Waals surface area contributed by atoms with Gasteiger partial charge in [0.15, 0.2) is 0 Å². The summed E-state index contributed by atoms with van der Waals surface area (Å²) < 4.78 is 30.4. The van der Waals surface area contributed by atoms with Gasteiger partial charge in [-0.15, -0.1) is 0 Å². The van der Waals surface area contributed by atoms with Crippen molar-refractivity contribution < 1.29 is 13.3 Å². The Morgan fingerprint density at radius 1 is 1.47 bits per heavy atom. The van der Waals surface area contributed by atoms with Crippen LogP contribution in [0.4, 0.5) is 8.78 Å². The molecule has 0 saturated heterocycles. The molecule has 0 radical (unpaired) electrons. The van der Waals surface area contributed by atoms with E-state index in [1.807, 2.05) is 0 Å². The molecule has 0 saturated carbocycles. The van der Waals surface area contributed by atoms with Crippen molar-refractivity contribution in [2.24, 2.45) is 5.73 Å². The van der Waals surface area contributed by atoms with Gasteiger partial charge in [-0.05, 0) is 13.8 Å². The minimum absolute atomic E-state index is 0.316. The third kappa shape index (κ3) is 3.24. The number of aryl methyl sites for hydroxylation is 2. The number of halogens is 2. The Balaban J connectivity index is 2.45. The van der Waals surface area contributed by atoms with Crippen LogP contribution in [-0.4, -0.2) is 24.2 Å². The molecule has 0 bridgehead atoms. The molecule has 0 aromatic carbocycles. The summed E-state index contributed by atoms with van der Waals surface area (Å²) in [4.78, 5) is 0. The zero-order valence-corrected chi connectivity index (χ0v) is 8.81. The molecule has 0 aliphatic rings. The van der Waals surface area contributed by atoms with Gasteiger partial charge < -0.3 is 15.6 Å². The summed E-state index contributed by atoms with van der Waals surface area (Å²) in [5, 5.41) is 6.35. The Hall–Kier alpha value is -1.01. The Kier molecular flexibility index (Phi) is 3.76. The van der Waals surface area contributed by atoms with Gasteiger partial charge in [0.2, 0.25) is 0 Å². The van der Waals surface area contributed by atoms with Crippen LogP contribution in [0.2, 0.25) is 0 Å². The minimum atomic E-state index is -2.86. The van der Waals surface area contributed by atoms with Crippen LogP contribution in [0.3, 0.4) is 0 Å². The minimum Gasteiger partial charge on any atom is -0.361 e. The van der Waals surface area contributed by atoms with Crippen molar-refractivity contribution in [2.45, 2.75) is 26.3 Å². The molecule has 6 heteroatoms. The maximum atomic E-state index is 12.8. The zero-order valence-electron chi connectivity index (χ0n) is 8.81. The van der Waals surface area contributed by atoms with E-state index in [4.69, 9.17) is 10.3 Å². The van der Waals surface area contributed by atoms with Crippen molar-refractivity contribution in [2.75, 3.05) is 13.1 Å². The second-order valence-electron chi connectivity index (χ2n) is 3.47. The predicted molar refractivity (Wildman–Crippen MR) is 51.7 cm³/mol. The molecular weight excluding hydrogens is 204 g/mol. The maximum absolute atomic E-state index is 12.8. The second-order valence-corrected chi connectivity index (χ2v) is 3.47. The van der Waals surface area contributed by atoms with Gasteiger partial charge in [0.25, 0.3) is 5.92 Å². The fourth-order valence-electron chi connectivity index (χ4n) is 1.20. The monoisotopic (exact) mass is 219 g/mol. The highest BCUT2D eigenvalue weighted by Gasteiger charge is 2.26. The van der Waals surface area contributed by atoms with E-state index in [0.717, 1.165) is 11.3 Å². The van der Waals surface area contributed by atoms with Crippen LogP contribution in [-0.2, 0) is 6.54 Å². The Morgan fingerprint density at radius 3 is 2.60 bits per heavy atom. The fourth-order valence-corrected chi connectivity index (χ4v) is 1.20. The normalized spacial score (nSPS) is 12.1. The summed E-state index contributed by atoms with van der Waals surface area (Å²) in [5.41, 5.74) is 6.45. The molecule has 1 aromatic rings. The lowest BCUT2D eigenvalue weighted by atomic mass is 10.2. The third-order valence-electron chi connectivity index (χ3n) is 2.17. The first kappa shape index (κ1) is 12.1. The highest BCUT2D eigenvalue weighted by Crippen LogP contribution is 2.13. The lowest BCUT2D eigenvalue weighted by Crippen LogP contribution is -2.38. The largest absolute Gasteiger partial charge is 0.361 e. The first-order chi connectivity index (χ1) is 6.96. The summed E-state index contributed by atoms with van der Waals surface area (Å²) in [7, 11) is 0. The van der Waals surface area contributed by atoms with E-state index < -0.39 is 19.0 Å². The Morgan fingerprint density at radius 2 is 2.13 bits per heavy atom. The van der Waals surface area contributed by atoms with E-state index in [1.165, 1.54) is 0 Å². The van der Waals surface area contributed by atoms with Gasteiger partial charge in [-0.2, -0.15) is 0 Å². The molecule has 0 unspecified atom stereocenters. The number of aromatic nitrogens is 1. The van der Waals surface area contributed by atoms with Crippen molar-refractivity contribution in [3.8, 4) is 0 Å². The van der Waals surface area contributed by atoms with Gasteiger partial charge in [0.05, 0.1) is 18.8 Å². The van der Waals surface area contributed by atoms with E-state index in [0.29, 0.717) is 12.3 Å². The molecule has 1 heterocycles. The summed E-state index contributed by atoms with van der Waals surface area (Å²) in [6.45, 7) is 2.75. The average molecular weight is 219 g/mol. The smallest absolute Gasteiger partial charge is 0.272 e. The molecule has 0 aliphatic carbocycles. The highest BCUT2D eigenvalue weighted by atomic mass is 19.3. The van der Waals surface area contributed by atoms with Crippen LogP contribution in [0.25, 0.3) is 0 Å². The number of hydrogen-bond donors (Lipinski definition) is 2. The standard InChI is InChI=1S/C9H15F2N3O/c1-6-8(7(2)15-14-6)3-13-5-9(10,11)4-12/h13H,3-5,12H2,1-2H3. The molecule has 0 fully saturated rings. The second kappa shape index (κ2) is 4.67. The molecule has 0 aliphatic heterocycles. The van der Waals surface area contributed by atoms with Crippen molar-refractivity contribution in [1.82, 2.24) is 10.5 Å². The summed E-state index contributed by atoms with van der Waals surface area (Å²) in [6, 6.07) is 0. The van der Waals surface area contributed by atoms with Crippen LogP contribution < -0.4 is 11.1 Å². The van der Waals surface area contributed by atoms with Crippen LogP contribution in [0.15, 0.2) is 4.52 Å². The number of rotatable bonds is 5. The van der Waals surface area contributed by atoms with Gasteiger partial charge in [-0.3, -0.25) is 0 Å². The number of nitrogens with zero attached hydrogens (tertiary/aromatic N) is 1. The van der Waals surface area contributed by atoms with E-state index in [-0.39, 0.29) is 0 Å². The van der Waals surface area contributed by atoms with Gasteiger partial charge in [0.1, 0.15) is 5.76 Å². The first-order valence-electron chi connectivity index (χ1n) is 4.66. The van der Waals surface area contributed by atoms with Gasteiger partial charge in [-0.25, -0.2) is 8.78 Å². The summed E-state index contributed by atoms with van der Waals surface area (Å²) >= 11 is 0. The van der Waals surface area contributed by atoms with Crippen molar-refractivity contribution >= 4 is 0 Å². The van der Waals surface area contributed by atoms with Gasteiger partial charge >= 0.3 is 0 Å². The maximum Gasteiger partial charge on any atom is 0.272 e. The van der Waals surface area contributed by atoms with E-state index in [9.17, 15) is 8.78 Å². The van der Waals surface area contributed by atoms with Crippen molar-refractivity contribution in [1.29, 1.82) is 0 Å². The van der Waals surface area contributed by atoms with Gasteiger partial charge in [0, 0.05) is 12.1 Å². The molecule has 86 valence electrons. The highest BCUT2D eigenvalue weighted by molar-refractivity contribution is 5.20. The molecule has 0 spiro atoms. The molecule has 4 nitrogen and oxygen atoms in total. The SMILES string of the molecule is Cc1noc(C)c1CNCC(F)(F)CN. The summed E-state index contributed by atoms with van der Waals surface area (Å²) in [5.74, 6) is -2.21. The van der Waals surface area contributed by atoms with Gasteiger partial charge in [-0.1, -0.05) is 5.16 Å². The molecule has 1 aromatic heterocycles. The third-order valence-corrected chi connectivity index (χ3v) is 2.17. The van der Waals surface area contributed by atoms with Crippen LogP contribution in [0.1, 0.15) is 17.0 Å². The zero-order chi connectivity index (χ0) is 11.5. The number of nitrogens with one attached hydrogen (secondary N) is 1. The first-order valence-corrected chi connectivity index (χ1v) is 4.66. The van der Waals surface area contributed by atoms with E-state index in [2.05, 4.69) is 10.5 Å².